The Morgan fingerprint density at radius 1 is 1.22 bits per heavy atom. The van der Waals surface area contributed by atoms with Gasteiger partial charge in [0.25, 0.3) is 0 Å². The van der Waals surface area contributed by atoms with E-state index in [1.54, 1.807) is 23.0 Å². The third-order valence-corrected chi connectivity index (χ3v) is 3.30. The fraction of sp³-hybridized carbons (Fsp3) is 0.0833. The summed E-state index contributed by atoms with van der Waals surface area (Å²) in [7, 11) is 0. The maximum absolute atomic E-state index is 12.1. The molecule has 6 heteroatoms. The molecule has 3 aromatic heterocycles. The van der Waals surface area contributed by atoms with Gasteiger partial charge in [-0.05, 0) is 52.4 Å². The van der Waals surface area contributed by atoms with Gasteiger partial charge in [-0.25, -0.2) is 9.48 Å². The average molecular weight is 352 g/mol. The van der Waals surface area contributed by atoms with Crippen molar-refractivity contribution in [1.82, 2.24) is 19.2 Å². The fourth-order valence-electron chi connectivity index (χ4n) is 1.76. The highest BCUT2D eigenvalue weighted by molar-refractivity contribution is 14.1. The van der Waals surface area contributed by atoms with Gasteiger partial charge in [0, 0.05) is 22.2 Å². The maximum atomic E-state index is 12.1. The lowest BCUT2D eigenvalue weighted by Gasteiger charge is -1.98. The van der Waals surface area contributed by atoms with Gasteiger partial charge in [0.2, 0.25) is 0 Å². The van der Waals surface area contributed by atoms with Crippen molar-refractivity contribution < 1.29 is 0 Å². The molecule has 3 aromatic rings. The molecule has 0 bridgehead atoms. The van der Waals surface area contributed by atoms with Crippen molar-refractivity contribution in [2.45, 2.75) is 6.54 Å². The summed E-state index contributed by atoms with van der Waals surface area (Å²) >= 11 is 2.20. The molecule has 0 aromatic carbocycles. The molecule has 3 rings (SSSR count). The van der Waals surface area contributed by atoms with Crippen molar-refractivity contribution in [3.8, 4) is 0 Å². The second-order valence-corrected chi connectivity index (χ2v) is 5.11. The summed E-state index contributed by atoms with van der Waals surface area (Å²) in [5.41, 5.74) is 1.55. The molecule has 0 saturated heterocycles. The predicted molar refractivity (Wildman–Crippen MR) is 75.5 cm³/mol. The molecule has 0 spiro atoms. The molecule has 18 heavy (non-hydrogen) atoms. The highest BCUT2D eigenvalue weighted by Crippen LogP contribution is 2.06. The number of halogens is 1. The first-order chi connectivity index (χ1) is 8.74. The van der Waals surface area contributed by atoms with Gasteiger partial charge in [-0.1, -0.05) is 0 Å². The van der Waals surface area contributed by atoms with E-state index in [2.05, 4.69) is 32.7 Å². The lowest BCUT2D eigenvalue weighted by atomic mass is 10.3. The molecule has 0 atom stereocenters. The largest absolute Gasteiger partial charge is 0.350 e. The molecule has 0 amide bonds. The minimum Gasteiger partial charge on any atom is -0.265 e. The van der Waals surface area contributed by atoms with Crippen LogP contribution < -0.4 is 5.69 Å². The second-order valence-electron chi connectivity index (χ2n) is 3.87. The van der Waals surface area contributed by atoms with Gasteiger partial charge in [-0.3, -0.25) is 9.38 Å². The summed E-state index contributed by atoms with van der Waals surface area (Å²) in [6.07, 6.45) is 5.16. The van der Waals surface area contributed by atoms with Crippen molar-refractivity contribution in [2.24, 2.45) is 0 Å². The summed E-state index contributed by atoms with van der Waals surface area (Å²) in [6.45, 7) is 0.458. The Labute approximate surface area is 116 Å². The Morgan fingerprint density at radius 3 is 2.78 bits per heavy atom. The molecule has 0 aliphatic carbocycles. The van der Waals surface area contributed by atoms with E-state index in [0.717, 1.165) is 9.13 Å². The summed E-state index contributed by atoms with van der Waals surface area (Å²) in [6, 6.07) is 7.51. The zero-order chi connectivity index (χ0) is 12.5. The van der Waals surface area contributed by atoms with Crippen LogP contribution in [0.3, 0.4) is 0 Å². The minimum absolute atomic E-state index is 0.127. The van der Waals surface area contributed by atoms with Crippen molar-refractivity contribution in [2.75, 3.05) is 0 Å². The van der Waals surface area contributed by atoms with Crippen LogP contribution in [0.5, 0.6) is 0 Å². The van der Waals surface area contributed by atoms with Gasteiger partial charge in [-0.15, -0.1) is 5.10 Å². The first kappa shape index (κ1) is 11.4. The van der Waals surface area contributed by atoms with E-state index in [9.17, 15) is 4.79 Å². The fourth-order valence-corrected chi connectivity index (χ4v) is 2.20. The standard InChI is InChI=1S/C12H9IN4O/c13-10-3-6-16-11(7-10)15-17(12(16)18)8-9-1-4-14-5-2-9/h1-7H,8H2. The lowest BCUT2D eigenvalue weighted by Crippen LogP contribution is -2.21. The summed E-state index contributed by atoms with van der Waals surface area (Å²) < 4.78 is 4.06. The molecule has 5 nitrogen and oxygen atoms in total. The molecule has 0 radical (unpaired) electrons. The van der Waals surface area contributed by atoms with Crippen LogP contribution >= 0.6 is 22.6 Å². The average Bonchev–Trinajstić information content (AvgIpc) is 2.67. The van der Waals surface area contributed by atoms with E-state index >= 15 is 0 Å². The van der Waals surface area contributed by atoms with E-state index in [4.69, 9.17) is 0 Å². The first-order valence-electron chi connectivity index (χ1n) is 5.38. The number of aromatic nitrogens is 4. The molecule has 0 aliphatic heterocycles. The van der Waals surface area contributed by atoms with Gasteiger partial charge in [0.05, 0.1) is 6.54 Å². The van der Waals surface area contributed by atoms with E-state index < -0.39 is 0 Å². The summed E-state index contributed by atoms with van der Waals surface area (Å²) in [5, 5.41) is 4.31. The highest BCUT2D eigenvalue weighted by atomic mass is 127. The van der Waals surface area contributed by atoms with Crippen molar-refractivity contribution >= 4 is 28.2 Å². The number of nitrogens with zero attached hydrogens (tertiary/aromatic N) is 4. The summed E-state index contributed by atoms with van der Waals surface area (Å²) in [5.74, 6) is 0. The number of hydrogen-bond acceptors (Lipinski definition) is 3. The van der Waals surface area contributed by atoms with Gasteiger partial charge in [0.15, 0.2) is 5.65 Å². The van der Waals surface area contributed by atoms with Crippen LogP contribution in [0.1, 0.15) is 5.56 Å². The monoisotopic (exact) mass is 352 g/mol. The molecule has 0 N–H and O–H groups in total. The first-order valence-corrected chi connectivity index (χ1v) is 6.45. The Bertz CT molecular complexity index is 748. The van der Waals surface area contributed by atoms with Crippen LogP contribution in [0.4, 0.5) is 0 Å². The maximum Gasteiger partial charge on any atom is 0.350 e. The molecule has 0 fully saturated rings. The molecule has 90 valence electrons. The lowest BCUT2D eigenvalue weighted by molar-refractivity contribution is 0.658. The van der Waals surface area contributed by atoms with E-state index in [1.807, 2.05) is 24.3 Å². The van der Waals surface area contributed by atoms with Crippen LogP contribution in [0.25, 0.3) is 5.65 Å². The quantitative estimate of drug-likeness (QED) is 0.658. The Morgan fingerprint density at radius 2 is 2.00 bits per heavy atom. The zero-order valence-corrected chi connectivity index (χ0v) is 11.5. The third-order valence-electron chi connectivity index (χ3n) is 2.63. The van der Waals surface area contributed by atoms with Crippen LogP contribution in [0, 0.1) is 3.57 Å². The molecule has 3 heterocycles. The highest BCUT2D eigenvalue weighted by Gasteiger charge is 2.07. The Hall–Kier alpha value is -1.70. The zero-order valence-electron chi connectivity index (χ0n) is 9.32. The molecule has 0 saturated carbocycles. The van der Waals surface area contributed by atoms with E-state index in [1.165, 1.54) is 4.68 Å². The second kappa shape index (κ2) is 4.52. The van der Waals surface area contributed by atoms with E-state index in [-0.39, 0.29) is 5.69 Å². The molecule has 0 aliphatic rings. The molecular formula is C12H9IN4O. The van der Waals surface area contributed by atoms with Crippen LogP contribution in [0.15, 0.2) is 47.7 Å². The number of pyridine rings is 2. The van der Waals surface area contributed by atoms with Crippen LogP contribution in [0.2, 0.25) is 0 Å². The van der Waals surface area contributed by atoms with Gasteiger partial charge in [0.1, 0.15) is 0 Å². The van der Waals surface area contributed by atoms with Crippen molar-refractivity contribution in [3.63, 3.8) is 0 Å². The molecule has 0 unspecified atom stereocenters. The van der Waals surface area contributed by atoms with Gasteiger partial charge in [-0.2, -0.15) is 0 Å². The van der Waals surface area contributed by atoms with Crippen molar-refractivity contribution in [3.05, 3.63) is 62.5 Å². The normalized spacial score (nSPS) is 10.9. The van der Waals surface area contributed by atoms with Crippen LogP contribution in [-0.4, -0.2) is 19.2 Å². The minimum atomic E-state index is -0.127. The topological polar surface area (TPSA) is 52.2 Å². The Kier molecular flexibility index (Phi) is 2.86. The third kappa shape index (κ3) is 2.03. The van der Waals surface area contributed by atoms with Gasteiger partial charge < -0.3 is 0 Å². The van der Waals surface area contributed by atoms with Crippen LogP contribution in [-0.2, 0) is 6.54 Å². The van der Waals surface area contributed by atoms with E-state index in [0.29, 0.717) is 12.2 Å². The Balaban J connectivity index is 2.08. The molecular weight excluding hydrogens is 343 g/mol. The SMILES string of the molecule is O=c1n(Cc2ccncc2)nc2cc(I)ccn12. The summed E-state index contributed by atoms with van der Waals surface area (Å²) in [4.78, 5) is 16.0. The van der Waals surface area contributed by atoms with Gasteiger partial charge >= 0.3 is 5.69 Å². The number of fused-ring (bicyclic) bond motifs is 1. The number of hydrogen-bond donors (Lipinski definition) is 0. The number of rotatable bonds is 2. The van der Waals surface area contributed by atoms with Crippen molar-refractivity contribution in [1.29, 1.82) is 0 Å². The smallest absolute Gasteiger partial charge is 0.265 e. The predicted octanol–water partition coefficient (Wildman–Crippen LogP) is 1.54.